The summed E-state index contributed by atoms with van der Waals surface area (Å²) in [5, 5.41) is 7.33. The normalized spacial score (nSPS) is 28.4. The highest BCUT2D eigenvalue weighted by atomic mass is 16.5. The number of urea groups is 1. The van der Waals surface area contributed by atoms with Crippen molar-refractivity contribution in [1.82, 2.24) is 24.9 Å². The van der Waals surface area contributed by atoms with Gasteiger partial charge in [0.05, 0.1) is 18.3 Å². The molecule has 2 aliphatic rings. The number of likely N-dealkylation sites (tertiary alicyclic amines) is 1. The molecule has 0 spiro atoms. The zero-order chi connectivity index (χ0) is 15.7. The van der Waals surface area contributed by atoms with Crippen LogP contribution in [-0.4, -0.2) is 71.0 Å². The summed E-state index contributed by atoms with van der Waals surface area (Å²) in [6.07, 6.45) is 6.25. The Morgan fingerprint density at radius 2 is 2.36 bits per heavy atom. The number of hydrogen-bond donors (Lipinski definition) is 1. The molecular formula is C15H25N5O2. The molecule has 1 aromatic rings. The van der Waals surface area contributed by atoms with Crippen LogP contribution in [0, 0.1) is 0 Å². The molecule has 0 saturated carbocycles. The lowest BCUT2D eigenvalue weighted by Crippen LogP contribution is -2.50. The van der Waals surface area contributed by atoms with Crippen LogP contribution in [0.4, 0.5) is 4.79 Å². The third-order valence-corrected chi connectivity index (χ3v) is 4.49. The van der Waals surface area contributed by atoms with Gasteiger partial charge in [-0.25, -0.2) is 4.79 Å². The molecule has 1 N–H and O–H groups in total. The number of rotatable bonds is 3. The molecule has 0 aliphatic carbocycles. The average molecular weight is 307 g/mol. The first kappa shape index (κ1) is 15.3. The van der Waals surface area contributed by atoms with Gasteiger partial charge in [-0.3, -0.25) is 9.58 Å². The van der Waals surface area contributed by atoms with Gasteiger partial charge < -0.3 is 15.0 Å². The van der Waals surface area contributed by atoms with E-state index >= 15 is 0 Å². The molecule has 2 saturated heterocycles. The number of nitrogens with one attached hydrogen (secondary N) is 1. The second kappa shape index (κ2) is 6.26. The molecule has 0 aromatic carbocycles. The Hall–Kier alpha value is -1.60. The molecule has 122 valence electrons. The maximum atomic E-state index is 12.0. The number of amides is 2. The summed E-state index contributed by atoms with van der Waals surface area (Å²) >= 11 is 0. The number of hydrogen-bond acceptors (Lipinski definition) is 4. The fourth-order valence-corrected chi connectivity index (χ4v) is 3.44. The molecule has 0 radical (unpaired) electrons. The number of fused-ring (bicyclic) bond motifs is 1. The molecule has 2 amide bonds. The van der Waals surface area contributed by atoms with Gasteiger partial charge in [-0.15, -0.1) is 0 Å². The minimum absolute atomic E-state index is 0.0527. The Bertz CT molecular complexity index is 530. The van der Waals surface area contributed by atoms with E-state index in [1.165, 1.54) is 5.56 Å². The minimum atomic E-state index is -0.0545. The van der Waals surface area contributed by atoms with Crippen LogP contribution in [-0.2, 0) is 18.3 Å². The van der Waals surface area contributed by atoms with Crippen LogP contribution in [0.2, 0.25) is 0 Å². The molecule has 1 aromatic heterocycles. The maximum Gasteiger partial charge on any atom is 0.317 e. The Kier molecular flexibility index (Phi) is 4.35. The summed E-state index contributed by atoms with van der Waals surface area (Å²) < 4.78 is 7.80. The van der Waals surface area contributed by atoms with Crippen molar-refractivity contribution in [2.45, 2.75) is 37.6 Å². The monoisotopic (exact) mass is 307 g/mol. The SMILES string of the molecule is CN(C)C(=O)N[C@H]1CN(Cc2cnn(C)c2)[C@@H]2CCCO[C@H]12. The molecule has 7 heteroatoms. The van der Waals surface area contributed by atoms with Crippen LogP contribution >= 0.6 is 0 Å². The van der Waals surface area contributed by atoms with E-state index in [-0.39, 0.29) is 18.2 Å². The van der Waals surface area contributed by atoms with Crippen LogP contribution < -0.4 is 5.32 Å². The van der Waals surface area contributed by atoms with Crippen LogP contribution in [0.1, 0.15) is 18.4 Å². The lowest BCUT2D eigenvalue weighted by atomic mass is 10.0. The molecule has 3 heterocycles. The summed E-state index contributed by atoms with van der Waals surface area (Å²) in [5.41, 5.74) is 1.20. The van der Waals surface area contributed by atoms with Crippen molar-refractivity contribution in [1.29, 1.82) is 0 Å². The summed E-state index contributed by atoms with van der Waals surface area (Å²) in [4.78, 5) is 16.0. The molecule has 2 fully saturated rings. The molecule has 2 aliphatic heterocycles. The fraction of sp³-hybridized carbons (Fsp3) is 0.733. The first-order valence-corrected chi connectivity index (χ1v) is 7.85. The van der Waals surface area contributed by atoms with Crippen molar-refractivity contribution in [3.8, 4) is 0 Å². The summed E-state index contributed by atoms with van der Waals surface area (Å²) in [6.45, 7) is 2.47. The van der Waals surface area contributed by atoms with E-state index in [0.29, 0.717) is 6.04 Å². The highest BCUT2D eigenvalue weighted by molar-refractivity contribution is 5.74. The van der Waals surface area contributed by atoms with Gasteiger partial charge >= 0.3 is 6.03 Å². The van der Waals surface area contributed by atoms with Crippen molar-refractivity contribution in [3.63, 3.8) is 0 Å². The van der Waals surface area contributed by atoms with Crippen molar-refractivity contribution in [2.24, 2.45) is 7.05 Å². The van der Waals surface area contributed by atoms with Gasteiger partial charge in [-0.05, 0) is 12.8 Å². The van der Waals surface area contributed by atoms with Crippen LogP contribution in [0.3, 0.4) is 0 Å². The van der Waals surface area contributed by atoms with Crippen molar-refractivity contribution in [3.05, 3.63) is 18.0 Å². The van der Waals surface area contributed by atoms with Crippen molar-refractivity contribution >= 4 is 6.03 Å². The van der Waals surface area contributed by atoms with E-state index in [2.05, 4.69) is 15.3 Å². The second-order valence-corrected chi connectivity index (χ2v) is 6.45. The Morgan fingerprint density at radius 1 is 1.55 bits per heavy atom. The van der Waals surface area contributed by atoms with Gasteiger partial charge in [0.1, 0.15) is 0 Å². The minimum Gasteiger partial charge on any atom is -0.374 e. The van der Waals surface area contributed by atoms with E-state index in [1.807, 2.05) is 24.1 Å². The Morgan fingerprint density at radius 3 is 3.05 bits per heavy atom. The topological polar surface area (TPSA) is 62.6 Å². The smallest absolute Gasteiger partial charge is 0.317 e. The molecule has 0 bridgehead atoms. The first-order chi connectivity index (χ1) is 10.5. The predicted molar refractivity (Wildman–Crippen MR) is 82.4 cm³/mol. The highest BCUT2D eigenvalue weighted by Gasteiger charge is 2.44. The van der Waals surface area contributed by atoms with E-state index in [1.54, 1.807) is 19.0 Å². The quantitative estimate of drug-likeness (QED) is 0.879. The van der Waals surface area contributed by atoms with E-state index in [4.69, 9.17) is 4.74 Å². The van der Waals surface area contributed by atoms with E-state index in [9.17, 15) is 4.79 Å². The van der Waals surface area contributed by atoms with Gasteiger partial charge in [-0.1, -0.05) is 0 Å². The average Bonchev–Trinajstić information content (AvgIpc) is 3.04. The molecule has 22 heavy (non-hydrogen) atoms. The number of aryl methyl sites for hydroxylation is 1. The first-order valence-electron chi connectivity index (χ1n) is 7.85. The van der Waals surface area contributed by atoms with Crippen LogP contribution in [0.25, 0.3) is 0 Å². The standard InChI is InChI=1S/C15H25N5O2/c1-18(2)15(21)17-12-10-20(9-11-7-16-19(3)8-11)13-5-4-6-22-14(12)13/h7-8,12-14H,4-6,9-10H2,1-3H3,(H,17,21)/t12-,13+,14+/m0/s1. The largest absolute Gasteiger partial charge is 0.374 e. The maximum absolute atomic E-state index is 12.0. The summed E-state index contributed by atoms with van der Waals surface area (Å²) in [6, 6.07) is 0.374. The van der Waals surface area contributed by atoms with Crippen molar-refractivity contribution < 1.29 is 9.53 Å². The zero-order valence-electron chi connectivity index (χ0n) is 13.5. The fourth-order valence-electron chi connectivity index (χ4n) is 3.44. The molecule has 3 rings (SSSR count). The van der Waals surface area contributed by atoms with Gasteiger partial charge in [0, 0.05) is 58.6 Å². The zero-order valence-corrected chi connectivity index (χ0v) is 13.5. The Labute approximate surface area is 131 Å². The number of ether oxygens (including phenoxy) is 1. The van der Waals surface area contributed by atoms with Gasteiger partial charge in [0.25, 0.3) is 0 Å². The molecule has 3 atom stereocenters. The van der Waals surface area contributed by atoms with E-state index in [0.717, 1.165) is 32.5 Å². The van der Waals surface area contributed by atoms with Gasteiger partial charge in [0.15, 0.2) is 0 Å². The van der Waals surface area contributed by atoms with Crippen molar-refractivity contribution in [2.75, 3.05) is 27.2 Å². The van der Waals surface area contributed by atoms with Crippen LogP contribution in [0.5, 0.6) is 0 Å². The Balaban J connectivity index is 1.70. The number of nitrogens with zero attached hydrogens (tertiary/aromatic N) is 4. The lowest BCUT2D eigenvalue weighted by Gasteiger charge is -2.32. The van der Waals surface area contributed by atoms with Crippen LogP contribution in [0.15, 0.2) is 12.4 Å². The lowest BCUT2D eigenvalue weighted by molar-refractivity contribution is -0.0207. The van der Waals surface area contributed by atoms with Gasteiger partial charge in [0.2, 0.25) is 0 Å². The van der Waals surface area contributed by atoms with Gasteiger partial charge in [-0.2, -0.15) is 5.10 Å². The third kappa shape index (κ3) is 3.10. The molecule has 0 unspecified atom stereocenters. The third-order valence-electron chi connectivity index (χ3n) is 4.49. The number of carbonyl (C=O) groups excluding carboxylic acids is 1. The molecule has 7 nitrogen and oxygen atoms in total. The summed E-state index contributed by atoms with van der Waals surface area (Å²) in [5.74, 6) is 0. The predicted octanol–water partition coefficient (Wildman–Crippen LogP) is 0.423. The number of carbonyl (C=O) groups is 1. The highest BCUT2D eigenvalue weighted by Crippen LogP contribution is 2.30. The number of aromatic nitrogens is 2. The van der Waals surface area contributed by atoms with E-state index < -0.39 is 0 Å². The molecular weight excluding hydrogens is 282 g/mol. The second-order valence-electron chi connectivity index (χ2n) is 6.45. The summed E-state index contributed by atoms with van der Waals surface area (Å²) in [7, 11) is 5.45.